The summed E-state index contributed by atoms with van der Waals surface area (Å²) in [5.74, 6) is -1.05. The Hall–Kier alpha value is -1.82. The predicted octanol–water partition coefficient (Wildman–Crippen LogP) is 0.566. The van der Waals surface area contributed by atoms with Crippen LogP contribution in [0.3, 0.4) is 0 Å². The number of ether oxygens (including phenoxy) is 1. The minimum atomic E-state index is -1.05. The van der Waals surface area contributed by atoms with Crippen LogP contribution in [0.25, 0.3) is 0 Å². The van der Waals surface area contributed by atoms with Crippen molar-refractivity contribution in [2.45, 2.75) is 6.10 Å². The van der Waals surface area contributed by atoms with Crippen molar-refractivity contribution in [1.29, 1.82) is 0 Å². The molecule has 0 bridgehead atoms. The van der Waals surface area contributed by atoms with Crippen LogP contribution in [-0.2, 0) is 9.53 Å². The molecule has 6 heteroatoms. The van der Waals surface area contributed by atoms with Crippen molar-refractivity contribution in [1.82, 2.24) is 9.80 Å². The molecule has 1 rings (SSSR count). The van der Waals surface area contributed by atoms with Crippen molar-refractivity contribution in [2.24, 2.45) is 0 Å². The second kappa shape index (κ2) is 6.80. The smallest absolute Gasteiger partial charge is 0.334 e. The van der Waals surface area contributed by atoms with Gasteiger partial charge in [0.1, 0.15) is 0 Å². The first-order valence-electron chi connectivity index (χ1n) is 5.70. The Morgan fingerprint density at radius 3 is 2.50 bits per heavy atom. The number of hydrogen-bond donors (Lipinski definition) is 1. The zero-order chi connectivity index (χ0) is 13.5. The molecule has 1 N–H and O–H groups in total. The predicted molar refractivity (Wildman–Crippen MR) is 66.3 cm³/mol. The highest BCUT2D eigenvalue weighted by Gasteiger charge is 2.30. The van der Waals surface area contributed by atoms with E-state index in [1.54, 1.807) is 17.1 Å². The Morgan fingerprint density at radius 2 is 2.00 bits per heavy atom. The number of hydrogen-bond acceptors (Lipinski definition) is 3. The molecule has 0 saturated carbocycles. The fourth-order valence-corrected chi connectivity index (χ4v) is 1.71. The van der Waals surface area contributed by atoms with E-state index >= 15 is 0 Å². The van der Waals surface area contributed by atoms with E-state index in [2.05, 4.69) is 13.2 Å². The molecule has 6 nitrogen and oxygen atoms in total. The summed E-state index contributed by atoms with van der Waals surface area (Å²) in [4.78, 5) is 26.0. The minimum Gasteiger partial charge on any atom is -0.479 e. The standard InChI is InChI=1S/C12H18N2O4/c1-3-5-13(6-4-2)12(17)14-7-8-18-10(9-14)11(15)16/h3-4,10H,1-2,5-9H2,(H,15,16). The Morgan fingerprint density at radius 1 is 1.39 bits per heavy atom. The number of rotatable bonds is 5. The molecule has 0 aliphatic carbocycles. The van der Waals surface area contributed by atoms with Crippen LogP contribution in [0.15, 0.2) is 25.3 Å². The van der Waals surface area contributed by atoms with Crippen molar-refractivity contribution in [3.05, 3.63) is 25.3 Å². The Balaban J connectivity index is 2.65. The van der Waals surface area contributed by atoms with E-state index in [0.29, 0.717) is 19.6 Å². The number of carboxylic acid groups (broad SMARTS) is 1. The van der Waals surface area contributed by atoms with Crippen molar-refractivity contribution < 1.29 is 19.4 Å². The molecule has 100 valence electrons. The third-order valence-corrected chi connectivity index (χ3v) is 2.58. The van der Waals surface area contributed by atoms with Gasteiger partial charge in [-0.1, -0.05) is 12.2 Å². The molecule has 1 aliphatic rings. The highest BCUT2D eigenvalue weighted by molar-refractivity contribution is 5.77. The topological polar surface area (TPSA) is 70.1 Å². The SMILES string of the molecule is C=CCN(CC=C)C(=O)N1CCOC(C(=O)O)C1. The summed E-state index contributed by atoms with van der Waals surface area (Å²) in [7, 11) is 0. The van der Waals surface area contributed by atoms with Crippen molar-refractivity contribution >= 4 is 12.0 Å². The van der Waals surface area contributed by atoms with Crippen LogP contribution in [0.4, 0.5) is 4.79 Å². The zero-order valence-corrected chi connectivity index (χ0v) is 10.2. The van der Waals surface area contributed by atoms with E-state index < -0.39 is 12.1 Å². The molecule has 1 heterocycles. The van der Waals surface area contributed by atoms with Crippen LogP contribution >= 0.6 is 0 Å². The quantitative estimate of drug-likeness (QED) is 0.728. The van der Waals surface area contributed by atoms with Gasteiger partial charge in [-0.05, 0) is 0 Å². The maximum atomic E-state index is 12.2. The Labute approximate surface area is 106 Å². The van der Waals surface area contributed by atoms with Gasteiger partial charge in [0.2, 0.25) is 0 Å². The van der Waals surface area contributed by atoms with Crippen LogP contribution in [0.2, 0.25) is 0 Å². The van der Waals surface area contributed by atoms with Gasteiger partial charge in [0.15, 0.2) is 6.10 Å². The van der Waals surface area contributed by atoms with E-state index in [9.17, 15) is 9.59 Å². The van der Waals surface area contributed by atoms with Crippen molar-refractivity contribution in [3.63, 3.8) is 0 Å². The summed E-state index contributed by atoms with van der Waals surface area (Å²) in [5.41, 5.74) is 0. The van der Waals surface area contributed by atoms with Gasteiger partial charge in [-0.15, -0.1) is 13.2 Å². The molecule has 0 aromatic rings. The second-order valence-corrected chi connectivity index (χ2v) is 3.91. The van der Waals surface area contributed by atoms with E-state index in [1.807, 2.05) is 0 Å². The maximum Gasteiger partial charge on any atom is 0.334 e. The van der Waals surface area contributed by atoms with Gasteiger partial charge in [-0.2, -0.15) is 0 Å². The Bertz CT molecular complexity index is 333. The van der Waals surface area contributed by atoms with Gasteiger partial charge in [0.05, 0.1) is 13.2 Å². The monoisotopic (exact) mass is 254 g/mol. The number of nitrogens with zero attached hydrogens (tertiary/aromatic N) is 2. The van der Waals surface area contributed by atoms with Gasteiger partial charge >= 0.3 is 12.0 Å². The lowest BCUT2D eigenvalue weighted by Gasteiger charge is -2.34. The van der Waals surface area contributed by atoms with E-state index in [4.69, 9.17) is 9.84 Å². The van der Waals surface area contributed by atoms with E-state index in [0.717, 1.165) is 0 Å². The molecule has 18 heavy (non-hydrogen) atoms. The van der Waals surface area contributed by atoms with E-state index in [-0.39, 0.29) is 19.2 Å². The van der Waals surface area contributed by atoms with Crippen LogP contribution < -0.4 is 0 Å². The first kappa shape index (κ1) is 14.2. The number of carbonyl (C=O) groups is 2. The molecule has 2 amide bonds. The summed E-state index contributed by atoms with van der Waals surface area (Å²) in [5, 5.41) is 8.87. The van der Waals surface area contributed by atoms with Crippen LogP contribution in [0, 0.1) is 0 Å². The highest BCUT2D eigenvalue weighted by Crippen LogP contribution is 2.09. The zero-order valence-electron chi connectivity index (χ0n) is 10.2. The number of amides is 2. The molecule has 1 unspecified atom stereocenters. The molecule has 1 fully saturated rings. The largest absolute Gasteiger partial charge is 0.479 e. The third kappa shape index (κ3) is 3.59. The lowest BCUT2D eigenvalue weighted by Crippen LogP contribution is -2.52. The molecule has 0 aromatic carbocycles. The summed E-state index contributed by atoms with van der Waals surface area (Å²) in [6, 6.07) is -0.218. The molecular weight excluding hydrogens is 236 g/mol. The number of urea groups is 1. The van der Waals surface area contributed by atoms with Gasteiger partial charge in [0.25, 0.3) is 0 Å². The molecule has 0 aromatic heterocycles. The molecule has 1 saturated heterocycles. The first-order chi connectivity index (χ1) is 8.60. The second-order valence-electron chi connectivity index (χ2n) is 3.91. The number of morpholine rings is 1. The summed E-state index contributed by atoms with van der Waals surface area (Å²) >= 11 is 0. The van der Waals surface area contributed by atoms with Gasteiger partial charge in [-0.3, -0.25) is 0 Å². The fraction of sp³-hybridized carbons (Fsp3) is 0.500. The van der Waals surface area contributed by atoms with Crippen molar-refractivity contribution in [3.8, 4) is 0 Å². The molecule has 1 aliphatic heterocycles. The molecule has 0 radical (unpaired) electrons. The number of carboxylic acids is 1. The van der Waals surface area contributed by atoms with Gasteiger partial charge in [0, 0.05) is 19.6 Å². The van der Waals surface area contributed by atoms with Gasteiger partial charge < -0.3 is 19.6 Å². The number of aliphatic carboxylic acids is 1. The van der Waals surface area contributed by atoms with Gasteiger partial charge in [-0.25, -0.2) is 9.59 Å². The normalized spacial score (nSPS) is 19.1. The molecular formula is C12H18N2O4. The lowest BCUT2D eigenvalue weighted by atomic mass is 10.3. The molecule has 1 atom stereocenters. The highest BCUT2D eigenvalue weighted by atomic mass is 16.5. The first-order valence-corrected chi connectivity index (χ1v) is 5.70. The average Bonchev–Trinajstić information content (AvgIpc) is 2.38. The van der Waals surface area contributed by atoms with Crippen LogP contribution in [-0.4, -0.2) is 65.8 Å². The number of carbonyl (C=O) groups excluding carboxylic acids is 1. The third-order valence-electron chi connectivity index (χ3n) is 2.58. The Kier molecular flexibility index (Phi) is 5.38. The minimum absolute atomic E-state index is 0.0684. The summed E-state index contributed by atoms with van der Waals surface area (Å²) < 4.78 is 5.07. The summed E-state index contributed by atoms with van der Waals surface area (Å²) in [6.07, 6.45) is 2.30. The van der Waals surface area contributed by atoms with E-state index in [1.165, 1.54) is 4.90 Å². The average molecular weight is 254 g/mol. The van der Waals surface area contributed by atoms with Crippen LogP contribution in [0.1, 0.15) is 0 Å². The lowest BCUT2D eigenvalue weighted by molar-refractivity contribution is -0.154. The van der Waals surface area contributed by atoms with Crippen molar-refractivity contribution in [2.75, 3.05) is 32.8 Å². The molecule has 0 spiro atoms. The fourth-order valence-electron chi connectivity index (χ4n) is 1.71. The summed E-state index contributed by atoms with van der Waals surface area (Å²) in [6.45, 7) is 8.68. The maximum absolute atomic E-state index is 12.2. The van der Waals surface area contributed by atoms with Crippen LogP contribution in [0.5, 0.6) is 0 Å².